The lowest BCUT2D eigenvalue weighted by atomic mass is 9.74. The highest BCUT2D eigenvalue weighted by atomic mass is 16.5. The van der Waals surface area contributed by atoms with Gasteiger partial charge < -0.3 is 10.1 Å². The SMILES string of the molecule is CCCC1CCC(NC)C(CCCOC)C1. The van der Waals surface area contributed by atoms with Gasteiger partial charge in [-0.3, -0.25) is 0 Å². The van der Waals surface area contributed by atoms with Crippen LogP contribution in [0.25, 0.3) is 0 Å². The van der Waals surface area contributed by atoms with E-state index in [4.69, 9.17) is 4.74 Å². The summed E-state index contributed by atoms with van der Waals surface area (Å²) in [6, 6.07) is 0.755. The topological polar surface area (TPSA) is 21.3 Å². The maximum atomic E-state index is 5.16. The predicted molar refractivity (Wildman–Crippen MR) is 69.7 cm³/mol. The molecule has 0 aliphatic heterocycles. The van der Waals surface area contributed by atoms with Crippen LogP contribution >= 0.6 is 0 Å². The van der Waals surface area contributed by atoms with Crippen LogP contribution in [0.5, 0.6) is 0 Å². The van der Waals surface area contributed by atoms with Crippen LogP contribution in [0.4, 0.5) is 0 Å². The summed E-state index contributed by atoms with van der Waals surface area (Å²) in [7, 11) is 3.92. The van der Waals surface area contributed by atoms with Crippen LogP contribution in [0.1, 0.15) is 51.9 Å². The fraction of sp³-hybridized carbons (Fsp3) is 1.00. The molecule has 1 fully saturated rings. The molecule has 1 aliphatic rings. The first kappa shape index (κ1) is 14.0. The van der Waals surface area contributed by atoms with Crippen LogP contribution in [-0.2, 0) is 4.74 Å². The Morgan fingerprint density at radius 2 is 2.06 bits per heavy atom. The lowest BCUT2D eigenvalue weighted by molar-refractivity contribution is 0.155. The van der Waals surface area contributed by atoms with Crippen LogP contribution in [0, 0.1) is 11.8 Å². The number of rotatable bonds is 7. The first-order valence-electron chi connectivity index (χ1n) is 6.98. The average Bonchev–Trinajstić information content (AvgIpc) is 2.30. The maximum Gasteiger partial charge on any atom is 0.0462 e. The van der Waals surface area contributed by atoms with E-state index in [1.165, 1.54) is 44.9 Å². The van der Waals surface area contributed by atoms with Crippen LogP contribution < -0.4 is 5.32 Å². The monoisotopic (exact) mass is 227 g/mol. The van der Waals surface area contributed by atoms with Gasteiger partial charge in [0.2, 0.25) is 0 Å². The molecule has 3 atom stereocenters. The Balaban J connectivity index is 2.34. The van der Waals surface area contributed by atoms with Crippen molar-refractivity contribution >= 4 is 0 Å². The molecule has 0 saturated heterocycles. The van der Waals surface area contributed by atoms with Gasteiger partial charge in [-0.15, -0.1) is 0 Å². The van der Waals surface area contributed by atoms with Crippen molar-refractivity contribution in [1.82, 2.24) is 5.32 Å². The van der Waals surface area contributed by atoms with E-state index < -0.39 is 0 Å². The van der Waals surface area contributed by atoms with Crippen molar-refractivity contribution in [2.24, 2.45) is 11.8 Å². The van der Waals surface area contributed by atoms with E-state index in [9.17, 15) is 0 Å². The molecule has 16 heavy (non-hydrogen) atoms. The second-order valence-corrected chi connectivity index (χ2v) is 5.26. The number of hydrogen-bond donors (Lipinski definition) is 1. The molecule has 0 bridgehead atoms. The second-order valence-electron chi connectivity index (χ2n) is 5.26. The number of nitrogens with one attached hydrogen (secondary N) is 1. The van der Waals surface area contributed by atoms with Gasteiger partial charge in [0.15, 0.2) is 0 Å². The largest absolute Gasteiger partial charge is 0.385 e. The van der Waals surface area contributed by atoms with Crippen molar-refractivity contribution in [1.29, 1.82) is 0 Å². The quantitative estimate of drug-likeness (QED) is 0.674. The third-order valence-corrected chi connectivity index (χ3v) is 4.08. The Morgan fingerprint density at radius 3 is 2.69 bits per heavy atom. The molecule has 0 spiro atoms. The molecule has 1 N–H and O–H groups in total. The zero-order valence-corrected chi connectivity index (χ0v) is 11.3. The normalized spacial score (nSPS) is 30.6. The van der Waals surface area contributed by atoms with E-state index in [-0.39, 0.29) is 0 Å². The molecule has 1 saturated carbocycles. The van der Waals surface area contributed by atoms with Crippen molar-refractivity contribution in [3.05, 3.63) is 0 Å². The third-order valence-electron chi connectivity index (χ3n) is 4.08. The van der Waals surface area contributed by atoms with Crippen molar-refractivity contribution in [2.45, 2.75) is 57.9 Å². The average molecular weight is 227 g/mol. The molecule has 96 valence electrons. The van der Waals surface area contributed by atoms with E-state index in [1.807, 2.05) is 0 Å². The Hall–Kier alpha value is -0.0800. The molecule has 1 rings (SSSR count). The number of methoxy groups -OCH3 is 1. The molecule has 0 aromatic rings. The highest BCUT2D eigenvalue weighted by Crippen LogP contribution is 2.34. The van der Waals surface area contributed by atoms with Gasteiger partial charge in [0.25, 0.3) is 0 Å². The summed E-state index contributed by atoms with van der Waals surface area (Å²) in [4.78, 5) is 0. The Bertz CT molecular complexity index is 172. The molecule has 0 amide bonds. The highest BCUT2D eigenvalue weighted by molar-refractivity contribution is 4.83. The zero-order chi connectivity index (χ0) is 11.8. The molecule has 0 radical (unpaired) electrons. The van der Waals surface area contributed by atoms with E-state index in [0.717, 1.165) is 24.5 Å². The number of ether oxygens (including phenoxy) is 1. The van der Waals surface area contributed by atoms with Crippen LogP contribution in [0.3, 0.4) is 0 Å². The Morgan fingerprint density at radius 1 is 1.25 bits per heavy atom. The van der Waals surface area contributed by atoms with Crippen LogP contribution in [0.15, 0.2) is 0 Å². The summed E-state index contributed by atoms with van der Waals surface area (Å²) in [6.07, 6.45) is 9.57. The Labute approximate surface area is 101 Å². The van der Waals surface area contributed by atoms with Gasteiger partial charge in [-0.1, -0.05) is 19.8 Å². The van der Waals surface area contributed by atoms with Crippen molar-refractivity contribution < 1.29 is 4.74 Å². The Kier molecular flexibility index (Phi) is 7.06. The summed E-state index contributed by atoms with van der Waals surface area (Å²) in [5.41, 5.74) is 0. The smallest absolute Gasteiger partial charge is 0.0462 e. The molecule has 0 aromatic carbocycles. The molecule has 0 aromatic heterocycles. The first-order chi connectivity index (χ1) is 7.81. The van der Waals surface area contributed by atoms with E-state index in [2.05, 4.69) is 19.3 Å². The highest BCUT2D eigenvalue weighted by Gasteiger charge is 2.28. The lowest BCUT2D eigenvalue weighted by Gasteiger charge is -2.36. The van der Waals surface area contributed by atoms with Crippen molar-refractivity contribution in [3.63, 3.8) is 0 Å². The third kappa shape index (κ3) is 4.42. The molecule has 0 heterocycles. The summed E-state index contributed by atoms with van der Waals surface area (Å²) < 4.78 is 5.16. The van der Waals surface area contributed by atoms with Crippen molar-refractivity contribution in [2.75, 3.05) is 20.8 Å². The van der Waals surface area contributed by atoms with Gasteiger partial charge in [-0.25, -0.2) is 0 Å². The van der Waals surface area contributed by atoms with Gasteiger partial charge in [-0.2, -0.15) is 0 Å². The van der Waals surface area contributed by atoms with Gasteiger partial charge in [-0.05, 0) is 51.0 Å². The molecule has 3 unspecified atom stereocenters. The van der Waals surface area contributed by atoms with Gasteiger partial charge >= 0.3 is 0 Å². The molecule has 2 heteroatoms. The minimum Gasteiger partial charge on any atom is -0.385 e. The summed E-state index contributed by atoms with van der Waals surface area (Å²) >= 11 is 0. The minimum absolute atomic E-state index is 0.755. The van der Waals surface area contributed by atoms with E-state index in [1.54, 1.807) is 7.11 Å². The molecule has 2 nitrogen and oxygen atoms in total. The molecular formula is C14H29NO. The molecule has 1 aliphatic carbocycles. The summed E-state index contributed by atoms with van der Waals surface area (Å²) in [5.74, 6) is 1.87. The predicted octanol–water partition coefficient (Wildman–Crippen LogP) is 3.22. The summed E-state index contributed by atoms with van der Waals surface area (Å²) in [6.45, 7) is 3.23. The first-order valence-corrected chi connectivity index (χ1v) is 6.98. The maximum absolute atomic E-state index is 5.16. The fourth-order valence-corrected chi connectivity index (χ4v) is 3.22. The number of hydrogen-bond acceptors (Lipinski definition) is 2. The fourth-order valence-electron chi connectivity index (χ4n) is 3.22. The second kappa shape index (κ2) is 8.08. The van der Waals surface area contributed by atoms with Gasteiger partial charge in [0, 0.05) is 19.8 Å². The van der Waals surface area contributed by atoms with Crippen LogP contribution in [0.2, 0.25) is 0 Å². The van der Waals surface area contributed by atoms with Crippen molar-refractivity contribution in [3.8, 4) is 0 Å². The standard InChI is InChI=1S/C14H29NO/c1-4-6-12-8-9-14(15-2)13(11-12)7-5-10-16-3/h12-15H,4-11H2,1-3H3. The lowest BCUT2D eigenvalue weighted by Crippen LogP contribution is -2.38. The molecular weight excluding hydrogens is 198 g/mol. The minimum atomic E-state index is 0.755. The van der Waals surface area contributed by atoms with Crippen LogP contribution in [-0.4, -0.2) is 26.8 Å². The van der Waals surface area contributed by atoms with E-state index in [0.29, 0.717) is 0 Å². The summed E-state index contributed by atoms with van der Waals surface area (Å²) in [5, 5.41) is 3.50. The van der Waals surface area contributed by atoms with Gasteiger partial charge in [0.1, 0.15) is 0 Å². The van der Waals surface area contributed by atoms with E-state index >= 15 is 0 Å². The zero-order valence-electron chi connectivity index (χ0n) is 11.3. The van der Waals surface area contributed by atoms with Gasteiger partial charge in [0.05, 0.1) is 0 Å².